The van der Waals surface area contributed by atoms with Crippen molar-refractivity contribution in [3.05, 3.63) is 0 Å². The Bertz CT molecular complexity index is 89.2. The molecule has 0 saturated heterocycles. The maximum absolute atomic E-state index is 8.47. The quantitative estimate of drug-likeness (QED) is 0.439. The average molecular weight is 173 g/mol. The van der Waals surface area contributed by atoms with Gasteiger partial charge in [-0.1, -0.05) is 0 Å². The van der Waals surface area contributed by atoms with Crippen molar-refractivity contribution in [1.29, 1.82) is 0 Å². The van der Waals surface area contributed by atoms with Crippen LogP contribution in [0.5, 0.6) is 0 Å². The van der Waals surface area contributed by atoms with Gasteiger partial charge in [0.2, 0.25) is 0 Å². The SMILES string of the molecule is CC(C)(C)OO.[O]=[V]=[O]. The standard InChI is InChI=1S/C4H10O2.2O.V/c1-4(2,3)6-5;;;/h5H,1-3H3;;;. The molecule has 0 atom stereocenters. The fraction of sp³-hybridized carbons (Fsp3) is 1.00. The summed E-state index contributed by atoms with van der Waals surface area (Å²) in [6, 6.07) is 0. The van der Waals surface area contributed by atoms with Gasteiger partial charge in [0.25, 0.3) is 0 Å². The molecule has 0 heterocycles. The van der Waals surface area contributed by atoms with Crippen LogP contribution in [0.4, 0.5) is 0 Å². The Balaban J connectivity index is 0. The molecule has 0 fully saturated rings. The van der Waals surface area contributed by atoms with E-state index in [1.165, 1.54) is 0 Å². The molecular weight excluding hydrogens is 163 g/mol. The van der Waals surface area contributed by atoms with E-state index in [-0.39, 0.29) is 0 Å². The van der Waals surface area contributed by atoms with Crippen LogP contribution in [-0.2, 0) is 28.4 Å². The third-order valence-electron chi connectivity index (χ3n) is 0.274. The molecular formula is C4H10O4V. The predicted molar refractivity (Wildman–Crippen MR) is 24.8 cm³/mol. The Labute approximate surface area is 60.7 Å². The van der Waals surface area contributed by atoms with Crippen molar-refractivity contribution in [2.45, 2.75) is 26.4 Å². The van der Waals surface area contributed by atoms with Crippen LogP contribution in [0.3, 0.4) is 0 Å². The first-order valence-electron chi connectivity index (χ1n) is 2.25. The van der Waals surface area contributed by atoms with Crippen LogP contribution in [0.15, 0.2) is 0 Å². The van der Waals surface area contributed by atoms with E-state index >= 15 is 0 Å². The van der Waals surface area contributed by atoms with E-state index in [1.807, 2.05) is 0 Å². The van der Waals surface area contributed by atoms with Crippen molar-refractivity contribution >= 4 is 0 Å². The Morgan fingerprint density at radius 1 is 1.33 bits per heavy atom. The number of hydrogen-bond acceptors (Lipinski definition) is 4. The fourth-order valence-electron chi connectivity index (χ4n) is 0. The second-order valence-corrected chi connectivity index (χ2v) is 2.51. The van der Waals surface area contributed by atoms with Crippen LogP contribution in [-0.4, -0.2) is 10.9 Å². The predicted octanol–water partition coefficient (Wildman–Crippen LogP) is 1.03. The summed E-state index contributed by atoms with van der Waals surface area (Å²) in [7, 11) is 0. The van der Waals surface area contributed by atoms with Gasteiger partial charge >= 0.3 is 23.5 Å². The molecule has 1 N–H and O–H groups in total. The van der Waals surface area contributed by atoms with E-state index in [4.69, 9.17) is 12.6 Å². The summed E-state index contributed by atoms with van der Waals surface area (Å²) >= 11 is -1.81. The Hall–Kier alpha value is 0.104. The first kappa shape index (κ1) is 11.8. The van der Waals surface area contributed by atoms with E-state index < -0.39 is 21.8 Å². The van der Waals surface area contributed by atoms with Gasteiger partial charge in [0.1, 0.15) is 0 Å². The van der Waals surface area contributed by atoms with Crippen molar-refractivity contribution in [3.8, 4) is 0 Å². The molecule has 0 bridgehead atoms. The molecule has 0 radical (unpaired) electrons. The second-order valence-electron chi connectivity index (χ2n) is 2.28. The maximum atomic E-state index is 8.47. The van der Waals surface area contributed by atoms with Crippen LogP contribution in [0.1, 0.15) is 20.8 Å². The van der Waals surface area contributed by atoms with Crippen LogP contribution in [0.25, 0.3) is 0 Å². The molecule has 9 heavy (non-hydrogen) atoms. The Morgan fingerprint density at radius 3 is 1.44 bits per heavy atom. The van der Waals surface area contributed by atoms with E-state index in [0.717, 1.165) is 0 Å². The molecule has 0 aliphatic carbocycles. The topological polar surface area (TPSA) is 63.6 Å². The first-order valence-corrected chi connectivity index (χ1v) is 3.39. The van der Waals surface area contributed by atoms with Crippen molar-refractivity contribution in [1.82, 2.24) is 0 Å². The van der Waals surface area contributed by atoms with E-state index in [1.54, 1.807) is 20.8 Å². The molecule has 0 aromatic heterocycles. The van der Waals surface area contributed by atoms with E-state index in [9.17, 15) is 0 Å². The summed E-state index contributed by atoms with van der Waals surface area (Å²) in [5.74, 6) is 0. The first-order chi connectivity index (χ1) is 3.97. The minimum absolute atomic E-state index is 0.403. The summed E-state index contributed by atoms with van der Waals surface area (Å²) in [4.78, 5) is 3.94. The molecule has 0 unspecified atom stereocenters. The minimum atomic E-state index is -1.81. The summed E-state index contributed by atoms with van der Waals surface area (Å²) in [6.45, 7) is 5.31. The van der Waals surface area contributed by atoms with Crippen LogP contribution in [0, 0.1) is 0 Å². The molecule has 0 aliphatic heterocycles. The summed E-state index contributed by atoms with van der Waals surface area (Å²) in [6.07, 6.45) is 0. The summed E-state index contributed by atoms with van der Waals surface area (Å²) < 4.78 is 16.9. The molecule has 5 heteroatoms. The van der Waals surface area contributed by atoms with Gasteiger partial charge in [-0.3, -0.25) is 5.26 Å². The number of rotatable bonds is 0. The molecule has 55 valence electrons. The molecule has 0 aliphatic rings. The van der Waals surface area contributed by atoms with Gasteiger partial charge in [-0.05, 0) is 20.8 Å². The van der Waals surface area contributed by atoms with Crippen LogP contribution >= 0.6 is 0 Å². The second kappa shape index (κ2) is 6.23. The van der Waals surface area contributed by atoms with Gasteiger partial charge in [-0.2, -0.15) is 0 Å². The zero-order chi connectivity index (χ0) is 7.91. The fourth-order valence-corrected chi connectivity index (χ4v) is 0. The van der Waals surface area contributed by atoms with E-state index in [0.29, 0.717) is 0 Å². The molecule has 0 rings (SSSR count). The Morgan fingerprint density at radius 2 is 1.44 bits per heavy atom. The van der Waals surface area contributed by atoms with Gasteiger partial charge < -0.3 is 0 Å². The zero-order valence-electron chi connectivity index (χ0n) is 5.62. The summed E-state index contributed by atoms with van der Waals surface area (Å²) in [5, 5.41) is 7.90. The van der Waals surface area contributed by atoms with Crippen molar-refractivity contribution in [2.24, 2.45) is 0 Å². The van der Waals surface area contributed by atoms with Crippen LogP contribution in [0.2, 0.25) is 0 Å². The summed E-state index contributed by atoms with van der Waals surface area (Å²) in [5.41, 5.74) is -0.403. The third kappa shape index (κ3) is 31.3. The van der Waals surface area contributed by atoms with Crippen molar-refractivity contribution in [2.75, 3.05) is 0 Å². The third-order valence-corrected chi connectivity index (χ3v) is 0.274. The van der Waals surface area contributed by atoms with Crippen LogP contribution < -0.4 is 0 Å². The van der Waals surface area contributed by atoms with Crippen molar-refractivity contribution in [3.63, 3.8) is 0 Å². The molecule has 0 aromatic carbocycles. The molecule has 0 saturated carbocycles. The molecule has 0 aromatic rings. The van der Waals surface area contributed by atoms with Gasteiger partial charge in [0, 0.05) is 0 Å². The molecule has 4 nitrogen and oxygen atoms in total. The normalized spacial score (nSPS) is 8.89. The Kier molecular flexibility index (Phi) is 8.20. The molecule has 0 amide bonds. The zero-order valence-corrected chi connectivity index (χ0v) is 7.02. The average Bonchev–Trinajstić information content (AvgIpc) is 1.67. The van der Waals surface area contributed by atoms with E-state index in [2.05, 4.69) is 4.89 Å². The molecule has 0 spiro atoms. The van der Waals surface area contributed by atoms with Gasteiger partial charge in [-0.15, -0.1) is 0 Å². The van der Waals surface area contributed by atoms with Crippen molar-refractivity contribution < 1.29 is 33.7 Å². The van der Waals surface area contributed by atoms with Gasteiger partial charge in [0.05, 0.1) is 5.60 Å². The van der Waals surface area contributed by atoms with Gasteiger partial charge in [0.15, 0.2) is 0 Å². The monoisotopic (exact) mass is 173 g/mol. The van der Waals surface area contributed by atoms with Gasteiger partial charge in [-0.25, -0.2) is 4.89 Å². The number of hydrogen-bond donors (Lipinski definition) is 1.